The van der Waals surface area contributed by atoms with Crippen molar-refractivity contribution in [1.29, 1.82) is 0 Å². The van der Waals surface area contributed by atoms with Crippen molar-refractivity contribution in [3.8, 4) is 5.75 Å². The molecule has 102 valence electrons. The highest BCUT2D eigenvalue weighted by molar-refractivity contribution is 14.1. The quantitative estimate of drug-likeness (QED) is 0.782. The molecule has 0 spiro atoms. The third-order valence-corrected chi connectivity index (χ3v) is 4.48. The molecule has 0 bridgehead atoms. The van der Waals surface area contributed by atoms with E-state index in [4.69, 9.17) is 0 Å². The number of fused-ring (bicyclic) bond motifs is 1. The number of carbonyl (C=O) groups excluding carboxylic acids is 1. The van der Waals surface area contributed by atoms with Crippen LogP contribution in [-0.2, 0) is 12.8 Å². The van der Waals surface area contributed by atoms with Crippen molar-refractivity contribution in [2.45, 2.75) is 19.3 Å². The number of benzene rings is 2. The van der Waals surface area contributed by atoms with Gasteiger partial charge in [0.2, 0.25) is 0 Å². The van der Waals surface area contributed by atoms with E-state index in [0.717, 1.165) is 22.1 Å². The molecule has 20 heavy (non-hydrogen) atoms. The number of aryl methyl sites for hydroxylation is 2. The summed E-state index contributed by atoms with van der Waals surface area (Å²) < 4.78 is 0.733. The fraction of sp³-hybridized carbons (Fsp3) is 0.188. The van der Waals surface area contributed by atoms with Gasteiger partial charge in [-0.2, -0.15) is 0 Å². The van der Waals surface area contributed by atoms with Gasteiger partial charge in [0.15, 0.2) is 0 Å². The van der Waals surface area contributed by atoms with Gasteiger partial charge < -0.3 is 10.4 Å². The van der Waals surface area contributed by atoms with E-state index in [0.29, 0.717) is 5.56 Å². The van der Waals surface area contributed by atoms with Crippen molar-refractivity contribution in [2.75, 3.05) is 5.32 Å². The fourth-order valence-electron chi connectivity index (χ4n) is 2.51. The van der Waals surface area contributed by atoms with Crippen LogP contribution < -0.4 is 5.32 Å². The summed E-state index contributed by atoms with van der Waals surface area (Å²) in [5, 5.41) is 12.5. The minimum atomic E-state index is -0.199. The van der Waals surface area contributed by atoms with Gasteiger partial charge >= 0.3 is 0 Å². The number of aromatic hydroxyl groups is 1. The number of hydrogen-bond donors (Lipinski definition) is 2. The van der Waals surface area contributed by atoms with E-state index in [1.807, 2.05) is 34.7 Å². The van der Waals surface area contributed by atoms with Crippen molar-refractivity contribution in [1.82, 2.24) is 0 Å². The number of halogens is 1. The molecule has 0 saturated heterocycles. The molecule has 4 heteroatoms. The molecule has 2 aromatic carbocycles. The van der Waals surface area contributed by atoms with Crippen LogP contribution >= 0.6 is 22.6 Å². The lowest BCUT2D eigenvalue weighted by Crippen LogP contribution is -2.12. The van der Waals surface area contributed by atoms with Gasteiger partial charge in [-0.3, -0.25) is 4.79 Å². The maximum absolute atomic E-state index is 12.2. The molecule has 0 fully saturated rings. The number of hydrogen-bond acceptors (Lipinski definition) is 2. The van der Waals surface area contributed by atoms with Crippen LogP contribution in [0.5, 0.6) is 5.75 Å². The largest absolute Gasteiger partial charge is 0.507 e. The molecule has 0 radical (unpaired) electrons. The number of phenolic OH excluding ortho intramolecular Hbond substituents is 1. The fourth-order valence-corrected chi connectivity index (χ4v) is 2.84. The molecule has 1 aliphatic rings. The Labute approximate surface area is 131 Å². The van der Waals surface area contributed by atoms with Gasteiger partial charge in [0.05, 0.1) is 3.57 Å². The van der Waals surface area contributed by atoms with Crippen LogP contribution in [0.25, 0.3) is 0 Å². The van der Waals surface area contributed by atoms with E-state index in [1.54, 1.807) is 12.1 Å². The van der Waals surface area contributed by atoms with Gasteiger partial charge in [0, 0.05) is 11.3 Å². The highest BCUT2D eigenvalue weighted by Gasteiger charge is 2.13. The van der Waals surface area contributed by atoms with Crippen LogP contribution in [0.2, 0.25) is 0 Å². The Morgan fingerprint density at radius 2 is 1.90 bits per heavy atom. The normalized spacial score (nSPS) is 13.1. The summed E-state index contributed by atoms with van der Waals surface area (Å²) in [5.41, 5.74) is 3.99. The van der Waals surface area contributed by atoms with E-state index in [9.17, 15) is 9.90 Å². The second-order valence-electron chi connectivity index (χ2n) is 4.96. The van der Waals surface area contributed by atoms with Crippen molar-refractivity contribution in [3.05, 3.63) is 56.7 Å². The van der Waals surface area contributed by atoms with E-state index in [2.05, 4.69) is 11.4 Å². The molecule has 1 aliphatic carbocycles. The average Bonchev–Trinajstić information content (AvgIpc) is 2.89. The maximum Gasteiger partial charge on any atom is 0.255 e. The molecule has 0 unspecified atom stereocenters. The summed E-state index contributed by atoms with van der Waals surface area (Å²) in [4.78, 5) is 12.2. The SMILES string of the molecule is O=C(Nc1ccc2c(c1)CCC2)c1ccc(I)c(O)c1. The molecule has 0 aliphatic heterocycles. The van der Waals surface area contributed by atoms with Gasteiger partial charge in [-0.15, -0.1) is 0 Å². The smallest absolute Gasteiger partial charge is 0.255 e. The van der Waals surface area contributed by atoms with Gasteiger partial charge in [0.1, 0.15) is 5.75 Å². The zero-order valence-corrected chi connectivity index (χ0v) is 13.0. The maximum atomic E-state index is 12.2. The van der Waals surface area contributed by atoms with Crippen molar-refractivity contribution in [3.63, 3.8) is 0 Å². The lowest BCUT2D eigenvalue weighted by Gasteiger charge is -2.08. The number of amides is 1. The lowest BCUT2D eigenvalue weighted by molar-refractivity contribution is 0.102. The van der Waals surface area contributed by atoms with Crippen LogP contribution in [0.4, 0.5) is 5.69 Å². The number of carbonyl (C=O) groups is 1. The molecular weight excluding hydrogens is 365 g/mol. The number of nitrogens with one attached hydrogen (secondary N) is 1. The van der Waals surface area contributed by atoms with Crippen LogP contribution in [0, 0.1) is 3.57 Å². The Kier molecular flexibility index (Phi) is 3.65. The molecule has 3 rings (SSSR count). The summed E-state index contributed by atoms with van der Waals surface area (Å²) in [5.74, 6) is -0.0677. The number of rotatable bonds is 2. The molecule has 0 aromatic heterocycles. The Hall–Kier alpha value is -1.56. The van der Waals surface area contributed by atoms with Gasteiger partial charge in [-0.25, -0.2) is 0 Å². The summed E-state index contributed by atoms with van der Waals surface area (Å²) >= 11 is 2.03. The first-order valence-electron chi connectivity index (χ1n) is 6.55. The standard InChI is InChI=1S/C16H14INO2/c17-14-7-5-12(9-15(14)19)16(20)18-13-6-4-10-2-1-3-11(10)8-13/h4-9,19H,1-3H2,(H,18,20). The minimum Gasteiger partial charge on any atom is -0.507 e. The monoisotopic (exact) mass is 379 g/mol. The van der Waals surface area contributed by atoms with E-state index < -0.39 is 0 Å². The highest BCUT2D eigenvalue weighted by Crippen LogP contribution is 2.26. The Bertz CT molecular complexity index is 682. The van der Waals surface area contributed by atoms with Gasteiger partial charge in [-0.1, -0.05) is 6.07 Å². The van der Waals surface area contributed by atoms with Crippen molar-refractivity contribution >= 4 is 34.2 Å². The van der Waals surface area contributed by atoms with Crippen LogP contribution in [0.15, 0.2) is 36.4 Å². The molecule has 0 saturated carbocycles. The summed E-state index contributed by atoms with van der Waals surface area (Å²) in [6.45, 7) is 0. The summed E-state index contributed by atoms with van der Waals surface area (Å²) in [6.07, 6.45) is 3.41. The Morgan fingerprint density at radius 3 is 2.70 bits per heavy atom. The lowest BCUT2D eigenvalue weighted by atomic mass is 10.1. The first kappa shape index (κ1) is 13.4. The van der Waals surface area contributed by atoms with Gasteiger partial charge in [0.25, 0.3) is 5.91 Å². The second-order valence-corrected chi connectivity index (χ2v) is 6.12. The third kappa shape index (κ3) is 2.65. The Morgan fingerprint density at radius 1 is 1.10 bits per heavy atom. The van der Waals surface area contributed by atoms with Gasteiger partial charge in [-0.05, 0) is 83.3 Å². The highest BCUT2D eigenvalue weighted by atomic mass is 127. The van der Waals surface area contributed by atoms with E-state index in [-0.39, 0.29) is 11.7 Å². The van der Waals surface area contributed by atoms with Crippen LogP contribution in [-0.4, -0.2) is 11.0 Å². The summed E-state index contributed by atoms with van der Waals surface area (Å²) in [7, 11) is 0. The molecular formula is C16H14INO2. The van der Waals surface area contributed by atoms with E-state index in [1.165, 1.54) is 23.6 Å². The molecule has 1 amide bonds. The minimum absolute atomic E-state index is 0.132. The molecule has 3 nitrogen and oxygen atoms in total. The van der Waals surface area contributed by atoms with Crippen LogP contribution in [0.3, 0.4) is 0 Å². The molecule has 0 atom stereocenters. The van der Waals surface area contributed by atoms with E-state index >= 15 is 0 Å². The first-order chi connectivity index (χ1) is 9.63. The Balaban J connectivity index is 1.80. The molecule has 2 N–H and O–H groups in total. The number of anilines is 1. The zero-order chi connectivity index (χ0) is 14.1. The summed E-state index contributed by atoms with van der Waals surface area (Å²) in [6, 6.07) is 11.0. The molecule has 2 aromatic rings. The predicted molar refractivity (Wildman–Crippen MR) is 87.2 cm³/mol. The second kappa shape index (κ2) is 5.44. The van der Waals surface area contributed by atoms with Crippen molar-refractivity contribution in [2.24, 2.45) is 0 Å². The molecule has 0 heterocycles. The zero-order valence-electron chi connectivity index (χ0n) is 10.8. The topological polar surface area (TPSA) is 49.3 Å². The number of phenols is 1. The van der Waals surface area contributed by atoms with Crippen molar-refractivity contribution < 1.29 is 9.90 Å². The predicted octanol–water partition coefficient (Wildman–Crippen LogP) is 3.74. The van der Waals surface area contributed by atoms with Crippen LogP contribution in [0.1, 0.15) is 27.9 Å². The third-order valence-electron chi connectivity index (χ3n) is 3.56. The first-order valence-corrected chi connectivity index (χ1v) is 7.63. The average molecular weight is 379 g/mol.